The van der Waals surface area contributed by atoms with Gasteiger partial charge in [0.2, 0.25) is 5.91 Å². The molecule has 2 N–H and O–H groups in total. The summed E-state index contributed by atoms with van der Waals surface area (Å²) >= 11 is 0. The molecule has 0 aromatic rings. The van der Waals surface area contributed by atoms with Gasteiger partial charge in [0.05, 0.1) is 0 Å². The van der Waals surface area contributed by atoms with Crippen LogP contribution < -0.4 is 10.6 Å². The van der Waals surface area contributed by atoms with E-state index in [0.717, 1.165) is 31.2 Å². The SMILES string of the molecule is CC1CC(C)CN(CCCCNC(=O)CC2CC3CCC(C2)N3)C1. The second-order valence-electron chi connectivity index (χ2n) is 8.94. The molecule has 4 heteroatoms. The number of nitrogens with one attached hydrogen (secondary N) is 2. The first kappa shape index (κ1) is 18.2. The summed E-state index contributed by atoms with van der Waals surface area (Å²) in [5.74, 6) is 2.57. The van der Waals surface area contributed by atoms with E-state index in [4.69, 9.17) is 0 Å². The Morgan fingerprint density at radius 1 is 1.04 bits per heavy atom. The number of hydrogen-bond donors (Lipinski definition) is 2. The van der Waals surface area contributed by atoms with Crippen molar-refractivity contribution in [3.63, 3.8) is 0 Å². The number of hydrogen-bond acceptors (Lipinski definition) is 3. The second-order valence-corrected chi connectivity index (χ2v) is 8.94. The highest BCUT2D eigenvalue weighted by Crippen LogP contribution is 2.32. The minimum Gasteiger partial charge on any atom is -0.356 e. The largest absolute Gasteiger partial charge is 0.356 e. The second kappa shape index (κ2) is 8.66. The van der Waals surface area contributed by atoms with Crippen LogP contribution in [0.4, 0.5) is 0 Å². The number of nitrogens with zero attached hydrogens (tertiary/aromatic N) is 1. The number of amides is 1. The Morgan fingerprint density at radius 3 is 2.38 bits per heavy atom. The molecule has 0 aromatic heterocycles. The van der Waals surface area contributed by atoms with Crippen molar-refractivity contribution in [2.75, 3.05) is 26.2 Å². The lowest BCUT2D eigenvalue weighted by molar-refractivity contribution is -0.122. The number of likely N-dealkylation sites (tertiary alicyclic amines) is 1. The van der Waals surface area contributed by atoms with Crippen LogP contribution >= 0.6 is 0 Å². The molecule has 4 nitrogen and oxygen atoms in total. The highest BCUT2D eigenvalue weighted by atomic mass is 16.1. The fourth-order valence-electron chi connectivity index (χ4n) is 5.34. The van der Waals surface area contributed by atoms with Gasteiger partial charge in [-0.15, -0.1) is 0 Å². The quantitative estimate of drug-likeness (QED) is 0.703. The van der Waals surface area contributed by atoms with Crippen LogP contribution in [0.15, 0.2) is 0 Å². The van der Waals surface area contributed by atoms with Crippen molar-refractivity contribution in [1.29, 1.82) is 0 Å². The molecule has 3 saturated heterocycles. The van der Waals surface area contributed by atoms with E-state index in [1.165, 1.54) is 58.2 Å². The van der Waals surface area contributed by atoms with Crippen LogP contribution in [0.5, 0.6) is 0 Å². The monoisotopic (exact) mass is 335 g/mol. The zero-order valence-electron chi connectivity index (χ0n) is 15.7. The normalized spacial score (nSPS) is 36.7. The summed E-state index contributed by atoms with van der Waals surface area (Å²) in [5.41, 5.74) is 0. The van der Waals surface area contributed by atoms with E-state index in [9.17, 15) is 4.79 Å². The topological polar surface area (TPSA) is 44.4 Å². The van der Waals surface area contributed by atoms with Gasteiger partial charge >= 0.3 is 0 Å². The van der Waals surface area contributed by atoms with Crippen LogP contribution in [0.2, 0.25) is 0 Å². The zero-order valence-corrected chi connectivity index (χ0v) is 15.7. The molecular formula is C20H37N3O. The third kappa shape index (κ3) is 5.45. The molecule has 4 atom stereocenters. The smallest absolute Gasteiger partial charge is 0.220 e. The zero-order chi connectivity index (χ0) is 16.9. The van der Waals surface area contributed by atoms with Crippen molar-refractivity contribution in [3.05, 3.63) is 0 Å². The molecular weight excluding hydrogens is 298 g/mol. The third-order valence-corrected chi connectivity index (χ3v) is 6.21. The summed E-state index contributed by atoms with van der Waals surface area (Å²) in [4.78, 5) is 14.8. The van der Waals surface area contributed by atoms with Gasteiger partial charge in [0.15, 0.2) is 0 Å². The average molecular weight is 336 g/mol. The minimum atomic E-state index is 0.279. The lowest BCUT2D eigenvalue weighted by Crippen LogP contribution is -2.40. The Hall–Kier alpha value is -0.610. The molecule has 24 heavy (non-hydrogen) atoms. The maximum atomic E-state index is 12.2. The molecule has 0 spiro atoms. The Labute approximate surface area is 148 Å². The first-order valence-corrected chi connectivity index (χ1v) is 10.3. The van der Waals surface area contributed by atoms with Crippen LogP contribution in [0.3, 0.4) is 0 Å². The van der Waals surface area contributed by atoms with Crippen LogP contribution in [0, 0.1) is 17.8 Å². The maximum Gasteiger partial charge on any atom is 0.220 e. The number of rotatable bonds is 7. The summed E-state index contributed by atoms with van der Waals surface area (Å²) < 4.78 is 0. The van der Waals surface area contributed by atoms with Gasteiger partial charge in [0.1, 0.15) is 0 Å². The Morgan fingerprint density at radius 2 is 1.71 bits per heavy atom. The van der Waals surface area contributed by atoms with Crippen molar-refractivity contribution in [2.24, 2.45) is 17.8 Å². The molecule has 3 aliphatic rings. The van der Waals surface area contributed by atoms with E-state index >= 15 is 0 Å². The van der Waals surface area contributed by atoms with E-state index in [1.807, 2.05) is 0 Å². The first-order valence-electron chi connectivity index (χ1n) is 10.3. The molecule has 3 rings (SSSR count). The average Bonchev–Trinajstić information content (AvgIpc) is 2.85. The molecule has 3 heterocycles. The predicted octanol–water partition coefficient (Wildman–Crippen LogP) is 2.78. The molecule has 1 amide bonds. The highest BCUT2D eigenvalue weighted by molar-refractivity contribution is 5.76. The predicted molar refractivity (Wildman–Crippen MR) is 98.9 cm³/mol. The van der Waals surface area contributed by atoms with E-state index in [2.05, 4.69) is 29.4 Å². The van der Waals surface area contributed by atoms with E-state index < -0.39 is 0 Å². The number of piperidine rings is 2. The fraction of sp³-hybridized carbons (Fsp3) is 0.950. The summed E-state index contributed by atoms with van der Waals surface area (Å²) in [6.07, 6.45) is 9.48. The standard InChI is InChI=1S/C20H37N3O/c1-15-9-16(2)14-23(13-15)8-4-3-7-21-20(24)12-17-10-18-5-6-19(11-17)22-18/h15-19,22H,3-14H2,1-2H3,(H,21,24). The van der Waals surface area contributed by atoms with Crippen LogP contribution in [0.25, 0.3) is 0 Å². The van der Waals surface area contributed by atoms with Gasteiger partial charge < -0.3 is 15.5 Å². The molecule has 3 fully saturated rings. The lowest BCUT2D eigenvalue weighted by Gasteiger charge is -2.34. The van der Waals surface area contributed by atoms with Gasteiger partial charge in [0.25, 0.3) is 0 Å². The summed E-state index contributed by atoms with van der Waals surface area (Å²) in [5, 5.41) is 6.81. The molecule has 138 valence electrons. The Bertz CT molecular complexity index is 392. The maximum absolute atomic E-state index is 12.2. The molecule has 0 saturated carbocycles. The minimum absolute atomic E-state index is 0.279. The lowest BCUT2D eigenvalue weighted by atomic mass is 9.89. The van der Waals surface area contributed by atoms with Crippen LogP contribution in [-0.2, 0) is 4.79 Å². The number of fused-ring (bicyclic) bond motifs is 2. The van der Waals surface area contributed by atoms with Gasteiger partial charge in [-0.1, -0.05) is 13.8 Å². The van der Waals surface area contributed by atoms with Gasteiger partial charge in [0, 0.05) is 38.1 Å². The van der Waals surface area contributed by atoms with Gasteiger partial charge in [-0.05, 0) is 69.2 Å². The Balaban J connectivity index is 1.23. The first-order chi connectivity index (χ1) is 11.6. The van der Waals surface area contributed by atoms with Crippen molar-refractivity contribution in [2.45, 2.75) is 77.3 Å². The Kier molecular flexibility index (Phi) is 6.56. The highest BCUT2D eigenvalue weighted by Gasteiger charge is 2.34. The summed E-state index contributed by atoms with van der Waals surface area (Å²) in [6, 6.07) is 1.38. The van der Waals surface area contributed by atoms with Crippen molar-refractivity contribution in [1.82, 2.24) is 15.5 Å². The van der Waals surface area contributed by atoms with Gasteiger partial charge in [-0.25, -0.2) is 0 Å². The molecule has 3 aliphatic heterocycles. The van der Waals surface area contributed by atoms with Gasteiger partial charge in [-0.2, -0.15) is 0 Å². The molecule has 0 aliphatic carbocycles. The molecule has 2 bridgehead atoms. The van der Waals surface area contributed by atoms with Crippen molar-refractivity contribution >= 4 is 5.91 Å². The van der Waals surface area contributed by atoms with E-state index in [-0.39, 0.29) is 5.91 Å². The van der Waals surface area contributed by atoms with E-state index in [1.54, 1.807) is 0 Å². The van der Waals surface area contributed by atoms with Gasteiger partial charge in [-0.3, -0.25) is 4.79 Å². The fourth-order valence-corrected chi connectivity index (χ4v) is 5.34. The number of carbonyl (C=O) groups excluding carboxylic acids is 1. The molecule has 4 unspecified atom stereocenters. The third-order valence-electron chi connectivity index (χ3n) is 6.21. The molecule has 0 radical (unpaired) electrons. The van der Waals surface area contributed by atoms with Crippen molar-refractivity contribution < 1.29 is 4.79 Å². The molecule has 0 aromatic carbocycles. The van der Waals surface area contributed by atoms with Crippen molar-refractivity contribution in [3.8, 4) is 0 Å². The van der Waals surface area contributed by atoms with Crippen LogP contribution in [-0.4, -0.2) is 49.1 Å². The number of carbonyl (C=O) groups is 1. The summed E-state index contributed by atoms with van der Waals surface area (Å²) in [7, 11) is 0. The summed E-state index contributed by atoms with van der Waals surface area (Å²) in [6.45, 7) is 9.31. The van der Waals surface area contributed by atoms with Crippen LogP contribution in [0.1, 0.15) is 65.2 Å². The van der Waals surface area contributed by atoms with E-state index in [0.29, 0.717) is 18.0 Å². The number of unbranched alkanes of at least 4 members (excludes halogenated alkanes) is 1.